The number of benzene rings is 1. The van der Waals surface area contributed by atoms with Crippen LogP contribution in [0.3, 0.4) is 0 Å². The number of aryl methyl sites for hydroxylation is 1. The van der Waals surface area contributed by atoms with E-state index in [0.29, 0.717) is 6.04 Å². The average molecular weight is 215 g/mol. The highest BCUT2D eigenvalue weighted by atomic mass is 15.1. The van der Waals surface area contributed by atoms with Crippen molar-refractivity contribution in [1.29, 1.82) is 0 Å². The third-order valence-corrected chi connectivity index (χ3v) is 3.63. The van der Waals surface area contributed by atoms with Gasteiger partial charge in [-0.25, -0.2) is 4.98 Å². The molecule has 1 saturated carbocycles. The van der Waals surface area contributed by atoms with Crippen molar-refractivity contribution in [3.63, 3.8) is 0 Å². The Bertz CT molecular complexity index is 541. The summed E-state index contributed by atoms with van der Waals surface area (Å²) in [4.78, 5) is 4.59. The second-order valence-electron chi connectivity index (χ2n) is 4.75. The number of hydrogen-bond donors (Lipinski definition) is 1. The number of imidazole rings is 1. The second kappa shape index (κ2) is 3.24. The lowest BCUT2D eigenvalue weighted by atomic mass is 10.2. The van der Waals surface area contributed by atoms with Gasteiger partial charge in [0.2, 0.25) is 0 Å². The van der Waals surface area contributed by atoms with Crippen LogP contribution in [0.2, 0.25) is 0 Å². The molecule has 1 fully saturated rings. The number of nitrogens with zero attached hydrogens (tertiary/aromatic N) is 2. The first-order valence-corrected chi connectivity index (χ1v) is 5.94. The molecular weight excluding hydrogens is 198 g/mol. The van der Waals surface area contributed by atoms with Gasteiger partial charge in [-0.1, -0.05) is 13.3 Å². The van der Waals surface area contributed by atoms with Gasteiger partial charge in [-0.15, -0.1) is 0 Å². The summed E-state index contributed by atoms with van der Waals surface area (Å²) in [7, 11) is 0. The van der Waals surface area contributed by atoms with Gasteiger partial charge in [0.15, 0.2) is 0 Å². The van der Waals surface area contributed by atoms with E-state index in [1.54, 1.807) is 0 Å². The molecule has 1 aromatic heterocycles. The maximum atomic E-state index is 5.78. The number of anilines is 1. The van der Waals surface area contributed by atoms with Gasteiger partial charge >= 0.3 is 0 Å². The number of nitrogen functional groups attached to an aromatic ring is 1. The van der Waals surface area contributed by atoms with Gasteiger partial charge in [0.25, 0.3) is 0 Å². The van der Waals surface area contributed by atoms with Crippen molar-refractivity contribution in [3.8, 4) is 0 Å². The molecule has 0 saturated heterocycles. The Morgan fingerprint density at radius 3 is 3.00 bits per heavy atom. The van der Waals surface area contributed by atoms with Gasteiger partial charge in [-0.2, -0.15) is 0 Å². The minimum absolute atomic E-state index is 0.665. The molecule has 0 amide bonds. The van der Waals surface area contributed by atoms with Crippen LogP contribution in [0.5, 0.6) is 0 Å². The van der Waals surface area contributed by atoms with E-state index in [0.717, 1.165) is 22.9 Å². The highest BCUT2D eigenvalue weighted by molar-refractivity contribution is 5.80. The highest BCUT2D eigenvalue weighted by Crippen LogP contribution is 2.47. The molecule has 2 aromatic rings. The number of nitrogens with two attached hydrogens (primary N) is 1. The van der Waals surface area contributed by atoms with Crippen molar-refractivity contribution in [3.05, 3.63) is 24.0 Å². The Balaban J connectivity index is 2.13. The van der Waals surface area contributed by atoms with Gasteiger partial charge in [0.05, 0.1) is 11.0 Å². The van der Waals surface area contributed by atoms with Crippen LogP contribution < -0.4 is 5.73 Å². The van der Waals surface area contributed by atoms with E-state index >= 15 is 0 Å². The Kier molecular flexibility index (Phi) is 1.96. The fourth-order valence-corrected chi connectivity index (χ4v) is 2.64. The maximum Gasteiger partial charge on any atom is 0.106 e. The summed E-state index contributed by atoms with van der Waals surface area (Å²) < 4.78 is 2.38. The van der Waals surface area contributed by atoms with Gasteiger partial charge in [-0.3, -0.25) is 0 Å². The molecule has 1 aliphatic carbocycles. The molecule has 1 aromatic carbocycles. The first kappa shape index (κ1) is 9.70. The second-order valence-corrected chi connectivity index (χ2v) is 4.75. The molecule has 0 radical (unpaired) electrons. The molecule has 3 nitrogen and oxygen atoms in total. The molecule has 0 bridgehead atoms. The highest BCUT2D eigenvalue weighted by Gasteiger charge is 2.38. The van der Waals surface area contributed by atoms with E-state index in [1.807, 2.05) is 12.1 Å². The third kappa shape index (κ3) is 1.31. The smallest absolute Gasteiger partial charge is 0.106 e. The van der Waals surface area contributed by atoms with Crippen LogP contribution in [0.15, 0.2) is 18.2 Å². The monoisotopic (exact) mass is 215 g/mol. The molecule has 1 aliphatic rings. The summed E-state index contributed by atoms with van der Waals surface area (Å²) >= 11 is 0. The van der Waals surface area contributed by atoms with E-state index < -0.39 is 0 Å². The van der Waals surface area contributed by atoms with Crippen LogP contribution in [0.4, 0.5) is 5.69 Å². The van der Waals surface area contributed by atoms with E-state index in [-0.39, 0.29) is 0 Å². The summed E-state index contributed by atoms with van der Waals surface area (Å²) in [5.74, 6) is 1.95. The normalized spacial score (nSPS) is 23.9. The van der Waals surface area contributed by atoms with Gasteiger partial charge in [-0.05, 0) is 37.5 Å². The summed E-state index contributed by atoms with van der Waals surface area (Å²) in [6.07, 6.45) is 2.56. The summed E-state index contributed by atoms with van der Waals surface area (Å²) in [6, 6.07) is 6.68. The third-order valence-electron chi connectivity index (χ3n) is 3.63. The van der Waals surface area contributed by atoms with Gasteiger partial charge in [0.1, 0.15) is 5.82 Å². The van der Waals surface area contributed by atoms with Crippen molar-refractivity contribution in [1.82, 2.24) is 9.55 Å². The molecule has 84 valence electrons. The first-order valence-electron chi connectivity index (χ1n) is 5.94. The van der Waals surface area contributed by atoms with Crippen molar-refractivity contribution in [2.45, 2.75) is 32.7 Å². The van der Waals surface area contributed by atoms with Crippen molar-refractivity contribution >= 4 is 16.7 Å². The lowest BCUT2D eigenvalue weighted by Gasteiger charge is -2.05. The fourth-order valence-electron chi connectivity index (χ4n) is 2.64. The van der Waals surface area contributed by atoms with E-state index in [1.165, 1.54) is 18.4 Å². The van der Waals surface area contributed by atoms with Crippen LogP contribution in [-0.4, -0.2) is 9.55 Å². The molecule has 2 atom stereocenters. The Morgan fingerprint density at radius 2 is 2.31 bits per heavy atom. The number of rotatable bonds is 2. The molecule has 2 N–H and O–H groups in total. The van der Waals surface area contributed by atoms with Crippen molar-refractivity contribution in [2.24, 2.45) is 5.92 Å². The minimum Gasteiger partial charge on any atom is -0.399 e. The fraction of sp³-hybridized carbons (Fsp3) is 0.462. The van der Waals surface area contributed by atoms with E-state index in [2.05, 4.69) is 29.5 Å². The van der Waals surface area contributed by atoms with Crippen molar-refractivity contribution in [2.75, 3.05) is 5.73 Å². The summed E-state index contributed by atoms with van der Waals surface area (Å²) in [5, 5.41) is 0. The average Bonchev–Trinajstić information content (AvgIpc) is 2.94. The molecule has 0 aliphatic heterocycles. The van der Waals surface area contributed by atoms with Crippen LogP contribution in [0.25, 0.3) is 11.0 Å². The molecule has 1 heterocycles. The zero-order valence-corrected chi connectivity index (χ0v) is 9.77. The van der Waals surface area contributed by atoms with Crippen LogP contribution in [0, 0.1) is 12.8 Å². The molecule has 2 unspecified atom stereocenters. The van der Waals surface area contributed by atoms with Crippen LogP contribution in [0.1, 0.15) is 31.6 Å². The Hall–Kier alpha value is -1.51. The molecule has 3 rings (SSSR count). The molecule has 3 heteroatoms. The topological polar surface area (TPSA) is 43.8 Å². The maximum absolute atomic E-state index is 5.78. The van der Waals surface area contributed by atoms with Gasteiger partial charge in [0, 0.05) is 11.7 Å². The molecular formula is C13H17N3. The SMILES string of the molecule is CCC1CC1n1c(C)nc2cc(N)ccc21. The predicted octanol–water partition coefficient (Wildman–Crippen LogP) is 2.90. The first-order chi connectivity index (χ1) is 7.70. The van der Waals surface area contributed by atoms with E-state index in [9.17, 15) is 0 Å². The molecule has 16 heavy (non-hydrogen) atoms. The van der Waals surface area contributed by atoms with Crippen LogP contribution in [-0.2, 0) is 0 Å². The lowest BCUT2D eigenvalue weighted by Crippen LogP contribution is -1.98. The predicted molar refractivity (Wildman–Crippen MR) is 66.3 cm³/mol. The zero-order valence-electron chi connectivity index (χ0n) is 9.77. The zero-order chi connectivity index (χ0) is 11.3. The standard InChI is InChI=1S/C13H17N3/c1-3-9-6-13(9)16-8(2)15-11-7-10(14)4-5-12(11)16/h4-5,7,9,13H,3,6,14H2,1-2H3. The molecule has 0 spiro atoms. The largest absolute Gasteiger partial charge is 0.399 e. The minimum atomic E-state index is 0.665. The van der Waals surface area contributed by atoms with Gasteiger partial charge < -0.3 is 10.3 Å². The quantitative estimate of drug-likeness (QED) is 0.783. The van der Waals surface area contributed by atoms with Crippen LogP contribution >= 0.6 is 0 Å². The van der Waals surface area contributed by atoms with E-state index in [4.69, 9.17) is 5.73 Å². The number of aromatic nitrogens is 2. The Morgan fingerprint density at radius 1 is 1.50 bits per heavy atom. The summed E-state index contributed by atoms with van der Waals surface area (Å²) in [5.41, 5.74) is 8.83. The van der Waals surface area contributed by atoms with Crippen molar-refractivity contribution < 1.29 is 0 Å². The Labute approximate surface area is 95.3 Å². The number of fused-ring (bicyclic) bond motifs is 1. The lowest BCUT2D eigenvalue weighted by molar-refractivity contribution is 0.639. The summed E-state index contributed by atoms with van der Waals surface area (Å²) in [6.45, 7) is 4.35. The number of hydrogen-bond acceptors (Lipinski definition) is 2.